The molecule has 0 spiro atoms. The molecule has 0 unspecified atom stereocenters. The lowest BCUT2D eigenvalue weighted by Gasteiger charge is -2.24. The molecule has 0 saturated carbocycles. The van der Waals surface area contributed by atoms with Crippen molar-refractivity contribution in [1.29, 1.82) is 0 Å². The minimum Gasteiger partial charge on any atom is -0.330 e. The molecule has 0 radical (unpaired) electrons. The Kier molecular flexibility index (Phi) is 2.89. The normalized spacial score (nSPS) is 21.2. The molecule has 2 N–H and O–H groups in total. The van der Waals surface area contributed by atoms with Crippen molar-refractivity contribution in [2.75, 3.05) is 6.54 Å². The van der Waals surface area contributed by atoms with E-state index in [1.54, 1.807) is 0 Å². The zero-order chi connectivity index (χ0) is 9.26. The predicted octanol–water partition coefficient (Wildman–Crippen LogP) is 2.67. The SMILES string of the molecule is NC[C@@H]1CCCc2cc(I)ccc21. The van der Waals surface area contributed by atoms with Crippen molar-refractivity contribution in [3.05, 3.63) is 32.9 Å². The minimum absolute atomic E-state index is 0.612. The maximum absolute atomic E-state index is 5.75. The van der Waals surface area contributed by atoms with Crippen LogP contribution in [0.1, 0.15) is 29.9 Å². The van der Waals surface area contributed by atoms with Crippen LogP contribution in [-0.2, 0) is 6.42 Å². The van der Waals surface area contributed by atoms with Gasteiger partial charge in [0, 0.05) is 3.57 Å². The van der Waals surface area contributed by atoms with Crippen molar-refractivity contribution in [2.24, 2.45) is 5.73 Å². The van der Waals surface area contributed by atoms with Crippen molar-refractivity contribution in [1.82, 2.24) is 0 Å². The Morgan fingerprint density at radius 3 is 3.08 bits per heavy atom. The second-order valence-electron chi connectivity index (χ2n) is 3.67. The van der Waals surface area contributed by atoms with Crippen molar-refractivity contribution in [3.63, 3.8) is 0 Å². The maximum atomic E-state index is 5.75. The first-order chi connectivity index (χ1) is 6.31. The highest BCUT2D eigenvalue weighted by molar-refractivity contribution is 14.1. The molecule has 1 aliphatic carbocycles. The van der Waals surface area contributed by atoms with Crippen LogP contribution in [0, 0.1) is 3.57 Å². The van der Waals surface area contributed by atoms with Crippen LogP contribution < -0.4 is 5.73 Å². The second-order valence-corrected chi connectivity index (χ2v) is 4.91. The van der Waals surface area contributed by atoms with Crippen molar-refractivity contribution >= 4 is 22.6 Å². The van der Waals surface area contributed by atoms with Crippen LogP contribution in [0.4, 0.5) is 0 Å². The number of benzene rings is 1. The van der Waals surface area contributed by atoms with E-state index in [0.29, 0.717) is 5.92 Å². The van der Waals surface area contributed by atoms with Crippen LogP contribution in [0.2, 0.25) is 0 Å². The molecule has 1 aromatic carbocycles. The molecule has 0 heterocycles. The van der Waals surface area contributed by atoms with Gasteiger partial charge in [-0.05, 0) is 77.6 Å². The topological polar surface area (TPSA) is 26.0 Å². The van der Waals surface area contributed by atoms with Crippen LogP contribution in [0.5, 0.6) is 0 Å². The van der Waals surface area contributed by atoms with Gasteiger partial charge in [-0.3, -0.25) is 0 Å². The summed E-state index contributed by atoms with van der Waals surface area (Å²) in [6, 6.07) is 6.75. The van der Waals surface area contributed by atoms with Crippen LogP contribution in [0.3, 0.4) is 0 Å². The Hall–Kier alpha value is -0.0900. The van der Waals surface area contributed by atoms with Gasteiger partial charge in [-0.2, -0.15) is 0 Å². The first-order valence-corrected chi connectivity index (χ1v) is 5.87. The van der Waals surface area contributed by atoms with Crippen LogP contribution in [0.25, 0.3) is 0 Å². The first kappa shape index (κ1) is 9.46. The van der Waals surface area contributed by atoms with Gasteiger partial charge in [0.05, 0.1) is 0 Å². The Morgan fingerprint density at radius 2 is 2.31 bits per heavy atom. The summed E-state index contributed by atoms with van der Waals surface area (Å²) in [7, 11) is 0. The summed E-state index contributed by atoms with van der Waals surface area (Å²) in [4.78, 5) is 0. The molecule has 1 nitrogen and oxygen atoms in total. The van der Waals surface area contributed by atoms with E-state index in [-0.39, 0.29) is 0 Å². The van der Waals surface area contributed by atoms with Gasteiger partial charge in [0.1, 0.15) is 0 Å². The highest BCUT2D eigenvalue weighted by atomic mass is 127. The van der Waals surface area contributed by atoms with Crippen molar-refractivity contribution in [3.8, 4) is 0 Å². The largest absolute Gasteiger partial charge is 0.330 e. The number of aryl methyl sites for hydroxylation is 1. The molecular weight excluding hydrogens is 273 g/mol. The lowest BCUT2D eigenvalue weighted by molar-refractivity contribution is 0.560. The van der Waals surface area contributed by atoms with E-state index in [4.69, 9.17) is 5.73 Å². The van der Waals surface area contributed by atoms with Gasteiger partial charge in [-0.1, -0.05) is 6.07 Å². The average Bonchev–Trinajstić information content (AvgIpc) is 2.16. The van der Waals surface area contributed by atoms with Crippen LogP contribution >= 0.6 is 22.6 Å². The molecule has 13 heavy (non-hydrogen) atoms. The van der Waals surface area contributed by atoms with Crippen molar-refractivity contribution < 1.29 is 0 Å². The summed E-state index contributed by atoms with van der Waals surface area (Å²) < 4.78 is 1.34. The fraction of sp³-hybridized carbons (Fsp3) is 0.455. The quantitative estimate of drug-likeness (QED) is 0.790. The third kappa shape index (κ3) is 1.89. The lowest BCUT2D eigenvalue weighted by atomic mass is 9.83. The van der Waals surface area contributed by atoms with Gasteiger partial charge in [-0.25, -0.2) is 0 Å². The molecule has 1 atom stereocenters. The number of halogens is 1. The molecule has 1 aromatic rings. The fourth-order valence-corrected chi connectivity index (χ4v) is 2.68. The molecule has 0 bridgehead atoms. The molecule has 0 aromatic heterocycles. The summed E-state index contributed by atoms with van der Waals surface area (Å²) >= 11 is 2.37. The molecule has 70 valence electrons. The summed E-state index contributed by atoms with van der Waals surface area (Å²) in [6.07, 6.45) is 3.81. The third-order valence-corrected chi connectivity index (χ3v) is 3.50. The number of hydrogen-bond donors (Lipinski definition) is 1. The highest BCUT2D eigenvalue weighted by Gasteiger charge is 2.18. The second kappa shape index (κ2) is 3.96. The van der Waals surface area contributed by atoms with Gasteiger partial charge in [0.25, 0.3) is 0 Å². The Labute approximate surface area is 92.9 Å². The number of nitrogens with two attached hydrogens (primary N) is 1. The van der Waals surface area contributed by atoms with E-state index < -0.39 is 0 Å². The summed E-state index contributed by atoms with van der Waals surface area (Å²) in [5.74, 6) is 0.612. The zero-order valence-corrected chi connectivity index (χ0v) is 9.75. The Balaban J connectivity index is 2.40. The number of rotatable bonds is 1. The lowest BCUT2D eigenvalue weighted by Crippen LogP contribution is -2.18. The van der Waals surface area contributed by atoms with E-state index in [1.807, 2.05) is 0 Å². The smallest absolute Gasteiger partial charge is 0.0133 e. The summed E-state index contributed by atoms with van der Waals surface area (Å²) in [6.45, 7) is 0.799. The van der Waals surface area contributed by atoms with E-state index >= 15 is 0 Å². The van der Waals surface area contributed by atoms with E-state index in [1.165, 1.54) is 34.0 Å². The maximum Gasteiger partial charge on any atom is 0.0133 e. The monoisotopic (exact) mass is 287 g/mol. The molecule has 0 aliphatic heterocycles. The Morgan fingerprint density at radius 1 is 1.46 bits per heavy atom. The zero-order valence-electron chi connectivity index (χ0n) is 7.59. The summed E-state index contributed by atoms with van der Waals surface area (Å²) in [5.41, 5.74) is 8.77. The highest BCUT2D eigenvalue weighted by Crippen LogP contribution is 2.31. The number of hydrogen-bond acceptors (Lipinski definition) is 1. The molecular formula is C11H14IN. The molecule has 2 rings (SSSR count). The fourth-order valence-electron chi connectivity index (χ4n) is 2.13. The molecule has 0 fully saturated rings. The van der Waals surface area contributed by atoms with E-state index in [9.17, 15) is 0 Å². The molecule has 0 amide bonds. The molecule has 2 heteroatoms. The first-order valence-electron chi connectivity index (χ1n) is 4.79. The van der Waals surface area contributed by atoms with Gasteiger partial charge >= 0.3 is 0 Å². The van der Waals surface area contributed by atoms with Gasteiger partial charge in [-0.15, -0.1) is 0 Å². The number of fused-ring (bicyclic) bond motifs is 1. The van der Waals surface area contributed by atoms with Crippen LogP contribution in [0.15, 0.2) is 18.2 Å². The summed E-state index contributed by atoms with van der Waals surface area (Å²) in [5, 5.41) is 0. The van der Waals surface area contributed by atoms with E-state index in [0.717, 1.165) is 6.54 Å². The van der Waals surface area contributed by atoms with Crippen LogP contribution in [-0.4, -0.2) is 6.54 Å². The standard InChI is InChI=1S/C11H14IN/c12-10-4-5-11-8(6-10)2-1-3-9(11)7-13/h4-6,9H,1-3,7,13H2/t9-/m0/s1. The predicted molar refractivity (Wildman–Crippen MR) is 63.9 cm³/mol. The minimum atomic E-state index is 0.612. The van der Waals surface area contributed by atoms with Gasteiger partial charge < -0.3 is 5.73 Å². The Bertz CT molecular complexity index is 309. The van der Waals surface area contributed by atoms with Gasteiger partial charge in [0.2, 0.25) is 0 Å². The molecule has 0 saturated heterocycles. The van der Waals surface area contributed by atoms with Crippen molar-refractivity contribution in [2.45, 2.75) is 25.2 Å². The third-order valence-electron chi connectivity index (χ3n) is 2.83. The van der Waals surface area contributed by atoms with Gasteiger partial charge in [0.15, 0.2) is 0 Å². The molecule has 1 aliphatic rings. The van der Waals surface area contributed by atoms with E-state index in [2.05, 4.69) is 40.8 Å². The average molecular weight is 287 g/mol.